The van der Waals surface area contributed by atoms with Crippen LogP contribution in [0.2, 0.25) is 0 Å². The molecule has 7 nitrogen and oxygen atoms in total. The lowest BCUT2D eigenvalue weighted by atomic mass is 10.1. The number of benzene rings is 2. The van der Waals surface area contributed by atoms with Gasteiger partial charge in [0.1, 0.15) is 6.04 Å². The van der Waals surface area contributed by atoms with Crippen LogP contribution in [0.25, 0.3) is 11.4 Å². The summed E-state index contributed by atoms with van der Waals surface area (Å²) >= 11 is 0. The van der Waals surface area contributed by atoms with Gasteiger partial charge in [-0.05, 0) is 42.3 Å². The molecule has 0 bridgehead atoms. The minimum atomic E-state index is -4.45. The highest BCUT2D eigenvalue weighted by Crippen LogP contribution is 2.38. The Morgan fingerprint density at radius 2 is 1.94 bits per heavy atom. The fraction of sp³-hybridized carbons (Fsp3) is 0.286. The molecule has 31 heavy (non-hydrogen) atoms. The molecule has 1 unspecified atom stereocenters. The van der Waals surface area contributed by atoms with E-state index in [2.05, 4.69) is 10.1 Å². The molecule has 2 aliphatic rings. The highest BCUT2D eigenvalue weighted by molar-refractivity contribution is 5.79. The second-order valence-corrected chi connectivity index (χ2v) is 7.30. The predicted octanol–water partition coefficient (Wildman–Crippen LogP) is 4.35. The van der Waals surface area contributed by atoms with Gasteiger partial charge in [0, 0.05) is 18.5 Å². The lowest BCUT2D eigenvalue weighted by Gasteiger charge is -2.22. The van der Waals surface area contributed by atoms with Crippen LogP contribution in [0.15, 0.2) is 47.0 Å². The van der Waals surface area contributed by atoms with Gasteiger partial charge in [0.2, 0.25) is 24.4 Å². The molecule has 1 aromatic heterocycles. The van der Waals surface area contributed by atoms with Crippen molar-refractivity contribution in [3.05, 3.63) is 59.5 Å². The molecule has 5 rings (SSSR count). The van der Waals surface area contributed by atoms with Crippen molar-refractivity contribution in [3.8, 4) is 22.9 Å². The van der Waals surface area contributed by atoms with Gasteiger partial charge < -0.3 is 18.9 Å². The average Bonchev–Trinajstić information content (AvgIpc) is 3.47. The molecule has 0 aliphatic carbocycles. The van der Waals surface area contributed by atoms with E-state index in [1.165, 1.54) is 11.0 Å². The van der Waals surface area contributed by atoms with Gasteiger partial charge in [0.05, 0.1) is 5.56 Å². The third kappa shape index (κ3) is 3.69. The molecule has 3 heterocycles. The van der Waals surface area contributed by atoms with Gasteiger partial charge in [-0.1, -0.05) is 17.3 Å². The summed E-state index contributed by atoms with van der Waals surface area (Å²) in [4.78, 5) is 18.3. The monoisotopic (exact) mass is 431 g/mol. The molecular weight excluding hydrogens is 415 g/mol. The van der Waals surface area contributed by atoms with Crippen LogP contribution in [0.1, 0.15) is 35.9 Å². The van der Waals surface area contributed by atoms with E-state index in [1.54, 1.807) is 24.3 Å². The molecule has 2 aliphatic heterocycles. The lowest BCUT2D eigenvalue weighted by molar-refractivity contribution is -0.137. The second kappa shape index (κ2) is 7.29. The fourth-order valence-electron chi connectivity index (χ4n) is 3.75. The molecule has 1 fully saturated rings. The molecule has 0 radical (unpaired) electrons. The van der Waals surface area contributed by atoms with E-state index < -0.39 is 17.8 Å². The van der Waals surface area contributed by atoms with Gasteiger partial charge in [-0.3, -0.25) is 4.79 Å². The zero-order valence-corrected chi connectivity index (χ0v) is 16.1. The maximum atomic E-state index is 13.0. The highest BCUT2D eigenvalue weighted by atomic mass is 19.4. The summed E-state index contributed by atoms with van der Waals surface area (Å²) in [5.74, 6) is 1.59. The number of nitrogens with zero attached hydrogens (tertiary/aromatic N) is 3. The van der Waals surface area contributed by atoms with Crippen LogP contribution >= 0.6 is 0 Å². The summed E-state index contributed by atoms with van der Waals surface area (Å²) in [6, 6.07) is 9.68. The third-order valence-electron chi connectivity index (χ3n) is 5.29. The number of likely N-dealkylation sites (tertiary alicyclic amines) is 1. The molecule has 0 N–H and O–H groups in total. The Labute approximate surface area is 174 Å². The van der Waals surface area contributed by atoms with Crippen LogP contribution in [-0.2, 0) is 17.5 Å². The summed E-state index contributed by atoms with van der Waals surface area (Å²) in [5, 5.41) is 4.00. The molecule has 1 amide bonds. The first-order valence-electron chi connectivity index (χ1n) is 9.58. The van der Waals surface area contributed by atoms with Crippen molar-refractivity contribution in [2.75, 3.05) is 6.79 Å². The van der Waals surface area contributed by atoms with Crippen LogP contribution in [0.5, 0.6) is 11.5 Å². The normalized spacial score (nSPS) is 18.1. The second-order valence-electron chi connectivity index (χ2n) is 7.30. The SMILES string of the molecule is O=C1CCC(c2nc(-c3ccc4c(c3)OCO4)no2)N1Cc1cccc(C(F)(F)F)c1. The van der Waals surface area contributed by atoms with Crippen molar-refractivity contribution in [2.45, 2.75) is 31.6 Å². The zero-order chi connectivity index (χ0) is 21.6. The quantitative estimate of drug-likeness (QED) is 0.611. The Morgan fingerprint density at radius 3 is 2.77 bits per heavy atom. The van der Waals surface area contributed by atoms with Crippen LogP contribution in [0, 0.1) is 0 Å². The number of rotatable bonds is 4. The Hall–Kier alpha value is -3.56. The van der Waals surface area contributed by atoms with Crippen molar-refractivity contribution in [3.63, 3.8) is 0 Å². The van der Waals surface area contributed by atoms with E-state index >= 15 is 0 Å². The predicted molar refractivity (Wildman–Crippen MR) is 99.8 cm³/mol. The van der Waals surface area contributed by atoms with Crippen LogP contribution in [0.4, 0.5) is 13.2 Å². The molecule has 1 atom stereocenters. The first kappa shape index (κ1) is 19.4. The number of ether oxygens (including phenoxy) is 2. The standard InChI is InChI=1S/C21H16F3N3O4/c22-21(23,24)14-3-1-2-12(8-14)10-27-15(5-7-18(27)28)20-25-19(26-31-20)13-4-6-16-17(9-13)30-11-29-16/h1-4,6,8-9,15H,5,7,10-11H2. The molecular formula is C21H16F3N3O4. The molecule has 160 valence electrons. The van der Waals surface area contributed by atoms with Crippen LogP contribution < -0.4 is 9.47 Å². The number of hydrogen-bond donors (Lipinski definition) is 0. The molecule has 1 saturated heterocycles. The molecule has 3 aromatic rings. The Bertz CT molecular complexity index is 1140. The van der Waals surface area contributed by atoms with Gasteiger partial charge in [-0.2, -0.15) is 18.2 Å². The molecule has 0 spiro atoms. The fourth-order valence-corrected chi connectivity index (χ4v) is 3.75. The minimum Gasteiger partial charge on any atom is -0.454 e. The number of halogens is 3. The van der Waals surface area contributed by atoms with Gasteiger partial charge in [-0.25, -0.2) is 0 Å². The summed E-state index contributed by atoms with van der Waals surface area (Å²) in [7, 11) is 0. The van der Waals surface area contributed by atoms with E-state index in [0.717, 1.165) is 12.1 Å². The van der Waals surface area contributed by atoms with Gasteiger partial charge >= 0.3 is 6.18 Å². The van der Waals surface area contributed by atoms with Crippen LogP contribution in [-0.4, -0.2) is 27.7 Å². The summed E-state index contributed by atoms with van der Waals surface area (Å²) in [5.41, 5.74) is 0.287. The number of alkyl halides is 3. The number of carbonyl (C=O) groups excluding carboxylic acids is 1. The first-order valence-corrected chi connectivity index (χ1v) is 9.58. The molecule has 2 aromatic carbocycles. The third-order valence-corrected chi connectivity index (χ3v) is 5.29. The van der Waals surface area contributed by atoms with Crippen LogP contribution in [0.3, 0.4) is 0 Å². The number of hydrogen-bond acceptors (Lipinski definition) is 6. The Morgan fingerprint density at radius 1 is 1.10 bits per heavy atom. The van der Waals surface area contributed by atoms with Gasteiger partial charge in [0.15, 0.2) is 11.5 Å². The van der Waals surface area contributed by atoms with E-state index in [1.807, 2.05) is 0 Å². The van der Waals surface area contributed by atoms with Crippen molar-refractivity contribution in [1.29, 1.82) is 0 Å². The lowest BCUT2D eigenvalue weighted by Crippen LogP contribution is -2.27. The number of fused-ring (bicyclic) bond motifs is 1. The van der Waals surface area contributed by atoms with E-state index in [0.29, 0.717) is 34.9 Å². The summed E-state index contributed by atoms with van der Waals surface area (Å²) in [6.07, 6.45) is -3.75. The maximum absolute atomic E-state index is 13.0. The van der Waals surface area contributed by atoms with E-state index in [4.69, 9.17) is 14.0 Å². The first-order chi connectivity index (χ1) is 14.9. The van der Waals surface area contributed by atoms with Crippen molar-refractivity contribution >= 4 is 5.91 Å². The maximum Gasteiger partial charge on any atom is 0.416 e. The Balaban J connectivity index is 1.38. The largest absolute Gasteiger partial charge is 0.454 e. The number of aromatic nitrogens is 2. The summed E-state index contributed by atoms with van der Waals surface area (Å²) < 4.78 is 55.1. The molecule has 10 heteroatoms. The van der Waals surface area contributed by atoms with Gasteiger partial charge in [0.25, 0.3) is 0 Å². The van der Waals surface area contributed by atoms with Crippen molar-refractivity contribution in [1.82, 2.24) is 15.0 Å². The summed E-state index contributed by atoms with van der Waals surface area (Å²) in [6.45, 7) is 0.167. The average molecular weight is 431 g/mol. The van der Waals surface area contributed by atoms with E-state index in [-0.39, 0.29) is 31.6 Å². The van der Waals surface area contributed by atoms with E-state index in [9.17, 15) is 18.0 Å². The van der Waals surface area contributed by atoms with Crippen molar-refractivity contribution in [2.24, 2.45) is 0 Å². The minimum absolute atomic E-state index is 0.0230. The number of carbonyl (C=O) groups is 1. The Kier molecular flexibility index (Phi) is 4.57. The van der Waals surface area contributed by atoms with Gasteiger partial charge in [-0.15, -0.1) is 0 Å². The smallest absolute Gasteiger partial charge is 0.416 e. The topological polar surface area (TPSA) is 77.7 Å². The molecule has 0 saturated carbocycles. The highest BCUT2D eigenvalue weighted by Gasteiger charge is 2.37. The number of amides is 1. The zero-order valence-electron chi connectivity index (χ0n) is 16.1. The van der Waals surface area contributed by atoms with Crippen molar-refractivity contribution < 1.29 is 32.0 Å².